The lowest BCUT2D eigenvalue weighted by atomic mass is 10.2. The first-order chi connectivity index (χ1) is 15.2. The quantitative estimate of drug-likeness (QED) is 0.201. The lowest BCUT2D eigenvalue weighted by molar-refractivity contribution is -0.385. The Hall–Kier alpha value is -5.07. The Morgan fingerprint density at radius 3 is 1.88 bits per heavy atom. The van der Waals surface area contributed by atoms with Crippen LogP contribution < -0.4 is 5.73 Å². The van der Waals surface area contributed by atoms with Crippen LogP contribution >= 0.6 is 0 Å². The molecule has 0 aliphatic heterocycles. The molecule has 0 unspecified atom stereocenters. The Balaban J connectivity index is 0.000000222. The average Bonchev–Trinajstić information content (AvgIpc) is 3.19. The summed E-state index contributed by atoms with van der Waals surface area (Å²) in [5.74, 6) is 0.107. The van der Waals surface area contributed by atoms with Gasteiger partial charge < -0.3 is 15.3 Å². The van der Waals surface area contributed by atoms with Crippen molar-refractivity contribution in [3.05, 3.63) is 91.0 Å². The van der Waals surface area contributed by atoms with Crippen molar-refractivity contribution in [3.8, 4) is 17.2 Å². The smallest absolute Gasteiger partial charge is 0.271 e. The second kappa shape index (κ2) is 8.74. The number of nitrogens with zero attached hydrogens (tertiary/aromatic N) is 4. The lowest BCUT2D eigenvalue weighted by Crippen LogP contribution is -1.90. The number of nitro groups is 3. The minimum absolute atomic E-state index is 0.0131. The number of phenols is 1. The van der Waals surface area contributed by atoms with Gasteiger partial charge >= 0.3 is 0 Å². The van der Waals surface area contributed by atoms with Crippen LogP contribution in [0.3, 0.4) is 0 Å². The standard InChI is InChI=1S/C13H7N3O5.C6H6N2O3/c17-15(18)9-3-1-8(2-4-9)13-14-11-7-10(16(19)20)5-6-12(11)21-13;7-5-3-4(8(10)11)1-2-6(5)9/h1-7H;1-3,9H,7H2. The fraction of sp³-hybridized carbons (Fsp3) is 0. The average molecular weight is 439 g/mol. The number of phenolic OH excluding ortho intramolecular Hbond substituents is 1. The monoisotopic (exact) mass is 439 g/mol. The number of nitro benzene ring substituents is 3. The summed E-state index contributed by atoms with van der Waals surface area (Å²) in [4.78, 5) is 34.0. The molecule has 0 atom stereocenters. The molecule has 32 heavy (non-hydrogen) atoms. The highest BCUT2D eigenvalue weighted by Crippen LogP contribution is 2.28. The van der Waals surface area contributed by atoms with Gasteiger partial charge in [0, 0.05) is 42.0 Å². The van der Waals surface area contributed by atoms with Gasteiger partial charge in [-0.05, 0) is 24.3 Å². The van der Waals surface area contributed by atoms with E-state index in [4.69, 9.17) is 15.3 Å². The van der Waals surface area contributed by atoms with Crippen molar-refractivity contribution in [1.29, 1.82) is 0 Å². The number of nitrogen functional groups attached to an aromatic ring is 1. The van der Waals surface area contributed by atoms with Crippen molar-refractivity contribution in [1.82, 2.24) is 4.98 Å². The van der Waals surface area contributed by atoms with Gasteiger partial charge in [0.25, 0.3) is 17.1 Å². The SMILES string of the molecule is Nc1cc([N+](=O)[O-])ccc1O.O=[N+]([O-])c1ccc(-c2nc3cc([N+](=O)[O-])ccc3o2)cc1. The van der Waals surface area contributed by atoms with E-state index >= 15 is 0 Å². The number of oxazole rings is 1. The van der Waals surface area contributed by atoms with Gasteiger partial charge in [-0.2, -0.15) is 0 Å². The zero-order valence-electron chi connectivity index (χ0n) is 15.9. The van der Waals surface area contributed by atoms with E-state index in [9.17, 15) is 30.3 Å². The van der Waals surface area contributed by atoms with E-state index in [0.29, 0.717) is 16.7 Å². The molecule has 0 bridgehead atoms. The van der Waals surface area contributed by atoms with Crippen LogP contribution in [-0.2, 0) is 0 Å². The van der Waals surface area contributed by atoms with Crippen LogP contribution in [0, 0.1) is 30.3 Å². The highest BCUT2D eigenvalue weighted by Gasteiger charge is 2.14. The van der Waals surface area contributed by atoms with E-state index < -0.39 is 14.8 Å². The summed E-state index contributed by atoms with van der Waals surface area (Å²) in [6.07, 6.45) is 0. The Labute approximate surface area is 177 Å². The molecule has 0 saturated carbocycles. The summed E-state index contributed by atoms with van der Waals surface area (Å²) < 4.78 is 5.49. The molecule has 3 aromatic carbocycles. The molecule has 0 spiro atoms. The van der Waals surface area contributed by atoms with Crippen LogP contribution in [0.15, 0.2) is 65.1 Å². The number of hydrogen-bond donors (Lipinski definition) is 2. The highest BCUT2D eigenvalue weighted by atomic mass is 16.6. The van der Waals surface area contributed by atoms with Crippen molar-refractivity contribution in [2.24, 2.45) is 0 Å². The van der Waals surface area contributed by atoms with Crippen molar-refractivity contribution >= 4 is 33.8 Å². The van der Waals surface area contributed by atoms with Crippen molar-refractivity contribution in [2.75, 3.05) is 5.73 Å². The molecule has 162 valence electrons. The maximum atomic E-state index is 10.7. The first-order valence-corrected chi connectivity index (χ1v) is 8.68. The van der Waals surface area contributed by atoms with E-state index in [-0.39, 0.29) is 34.4 Å². The third-order valence-electron chi connectivity index (χ3n) is 4.13. The normalized spacial score (nSPS) is 10.2. The minimum atomic E-state index is -0.574. The van der Waals surface area contributed by atoms with Gasteiger partial charge in [-0.3, -0.25) is 30.3 Å². The van der Waals surface area contributed by atoms with Gasteiger partial charge in [-0.15, -0.1) is 0 Å². The third-order valence-corrected chi connectivity index (χ3v) is 4.13. The number of anilines is 1. The first-order valence-electron chi connectivity index (χ1n) is 8.68. The molecular formula is C19H13N5O8. The van der Waals surface area contributed by atoms with Crippen LogP contribution in [0.2, 0.25) is 0 Å². The molecule has 13 heteroatoms. The Morgan fingerprint density at radius 1 is 0.781 bits per heavy atom. The van der Waals surface area contributed by atoms with Gasteiger partial charge in [-0.25, -0.2) is 4.98 Å². The second-order valence-corrected chi connectivity index (χ2v) is 6.23. The summed E-state index contributed by atoms with van der Waals surface area (Å²) in [5, 5.41) is 40.3. The second-order valence-electron chi connectivity index (χ2n) is 6.23. The topological polar surface area (TPSA) is 202 Å². The molecule has 0 radical (unpaired) electrons. The van der Waals surface area contributed by atoms with Gasteiger partial charge in [0.15, 0.2) is 5.58 Å². The van der Waals surface area contributed by atoms with E-state index in [1.807, 2.05) is 0 Å². The zero-order valence-corrected chi connectivity index (χ0v) is 15.9. The van der Waals surface area contributed by atoms with Crippen molar-refractivity contribution < 1.29 is 24.3 Å². The molecule has 4 rings (SSSR count). The van der Waals surface area contributed by atoms with E-state index in [1.165, 1.54) is 54.6 Å². The van der Waals surface area contributed by atoms with Crippen LogP contribution in [0.25, 0.3) is 22.6 Å². The van der Waals surface area contributed by atoms with Crippen LogP contribution in [0.5, 0.6) is 5.75 Å². The number of benzene rings is 3. The number of non-ortho nitro benzene ring substituents is 3. The number of aromatic hydroxyl groups is 1. The summed E-state index contributed by atoms with van der Waals surface area (Å²) in [6.45, 7) is 0. The third kappa shape index (κ3) is 4.73. The Bertz CT molecular complexity index is 1330. The summed E-state index contributed by atoms with van der Waals surface area (Å²) in [6, 6.07) is 13.3. The largest absolute Gasteiger partial charge is 0.506 e. The van der Waals surface area contributed by atoms with Gasteiger partial charge in [-0.1, -0.05) is 0 Å². The fourth-order valence-corrected chi connectivity index (χ4v) is 2.53. The maximum absolute atomic E-state index is 10.7. The highest BCUT2D eigenvalue weighted by molar-refractivity contribution is 5.78. The van der Waals surface area contributed by atoms with Gasteiger partial charge in [0.05, 0.1) is 20.5 Å². The molecule has 3 N–H and O–H groups in total. The summed E-state index contributed by atoms with van der Waals surface area (Å²) in [7, 11) is 0. The number of fused-ring (bicyclic) bond motifs is 1. The van der Waals surface area contributed by atoms with Gasteiger partial charge in [0.2, 0.25) is 5.89 Å². The van der Waals surface area contributed by atoms with Gasteiger partial charge in [0.1, 0.15) is 11.3 Å². The molecule has 0 amide bonds. The van der Waals surface area contributed by atoms with E-state index in [1.54, 1.807) is 0 Å². The molecule has 0 saturated heterocycles. The lowest BCUT2D eigenvalue weighted by Gasteiger charge is -1.96. The molecule has 0 aliphatic rings. The molecule has 13 nitrogen and oxygen atoms in total. The first kappa shape index (κ1) is 21.6. The predicted octanol–water partition coefficient (Wildman–Crippen LogP) is 4.19. The van der Waals surface area contributed by atoms with Crippen LogP contribution in [0.1, 0.15) is 0 Å². The molecule has 4 aromatic rings. The fourth-order valence-electron chi connectivity index (χ4n) is 2.53. The van der Waals surface area contributed by atoms with Crippen molar-refractivity contribution in [3.63, 3.8) is 0 Å². The summed E-state index contributed by atoms with van der Waals surface area (Å²) >= 11 is 0. The minimum Gasteiger partial charge on any atom is -0.506 e. The van der Waals surface area contributed by atoms with Crippen molar-refractivity contribution in [2.45, 2.75) is 0 Å². The number of rotatable bonds is 4. The Kier molecular flexibility index (Phi) is 5.91. The van der Waals surface area contributed by atoms with E-state index in [0.717, 1.165) is 6.07 Å². The molecular weight excluding hydrogens is 426 g/mol. The predicted molar refractivity (Wildman–Crippen MR) is 112 cm³/mol. The molecule has 0 fully saturated rings. The maximum Gasteiger partial charge on any atom is 0.271 e. The molecule has 1 aromatic heterocycles. The van der Waals surface area contributed by atoms with Crippen LogP contribution in [-0.4, -0.2) is 24.9 Å². The summed E-state index contributed by atoms with van der Waals surface area (Å²) in [5.41, 5.74) is 6.30. The number of aromatic nitrogens is 1. The molecule has 0 aliphatic carbocycles. The zero-order chi connectivity index (χ0) is 23.4. The van der Waals surface area contributed by atoms with Crippen LogP contribution in [0.4, 0.5) is 22.7 Å². The Morgan fingerprint density at radius 2 is 1.31 bits per heavy atom. The van der Waals surface area contributed by atoms with E-state index in [2.05, 4.69) is 4.98 Å². The number of nitrogens with two attached hydrogens (primary N) is 1. The molecule has 1 heterocycles. The number of hydrogen-bond acceptors (Lipinski definition) is 10.